The van der Waals surface area contributed by atoms with Crippen molar-refractivity contribution in [3.63, 3.8) is 0 Å². The average Bonchev–Trinajstić information content (AvgIpc) is 2.61. The van der Waals surface area contributed by atoms with Gasteiger partial charge in [-0.3, -0.25) is 0 Å². The molecule has 1 amide bonds. The lowest BCUT2D eigenvalue weighted by Crippen LogP contribution is -2.31. The summed E-state index contributed by atoms with van der Waals surface area (Å²) < 4.78 is 5.04. The van der Waals surface area contributed by atoms with Crippen LogP contribution in [0, 0.1) is 0 Å². The summed E-state index contributed by atoms with van der Waals surface area (Å²) >= 11 is 5.74. The fourth-order valence-electron chi connectivity index (χ4n) is 1.55. The molecule has 0 unspecified atom stereocenters. The van der Waals surface area contributed by atoms with E-state index in [0.717, 1.165) is 5.56 Å². The average molecular weight is 228 g/mol. The topological polar surface area (TPSA) is 58.6 Å². The van der Waals surface area contributed by atoms with Crippen molar-refractivity contribution in [3.05, 3.63) is 34.9 Å². The minimum Gasteiger partial charge on any atom is -0.439 e. The van der Waals surface area contributed by atoms with Crippen molar-refractivity contribution < 1.29 is 14.6 Å². The predicted octanol–water partition coefficient (Wildman–Crippen LogP) is 1.48. The second kappa shape index (κ2) is 4.08. The number of carbonyl (C=O) groups is 1. The number of hydrogen-bond donors (Lipinski definition) is 2. The third-order valence-electron chi connectivity index (χ3n) is 2.30. The molecule has 1 aromatic carbocycles. The first-order chi connectivity index (χ1) is 7.20. The van der Waals surface area contributed by atoms with Gasteiger partial charge in [0.1, 0.15) is 0 Å². The van der Waals surface area contributed by atoms with Crippen LogP contribution in [-0.4, -0.2) is 23.8 Å². The van der Waals surface area contributed by atoms with Gasteiger partial charge in [-0.25, -0.2) is 4.79 Å². The maximum Gasteiger partial charge on any atom is 0.408 e. The van der Waals surface area contributed by atoms with Gasteiger partial charge in [-0.15, -0.1) is 0 Å². The van der Waals surface area contributed by atoms with Gasteiger partial charge in [0.15, 0.2) is 6.10 Å². The molecule has 2 atom stereocenters. The molecule has 1 saturated heterocycles. The zero-order valence-electron chi connectivity index (χ0n) is 7.81. The van der Waals surface area contributed by atoms with Crippen LogP contribution >= 0.6 is 11.6 Å². The molecule has 5 heteroatoms. The van der Waals surface area contributed by atoms with Gasteiger partial charge in [0.25, 0.3) is 0 Å². The third kappa shape index (κ3) is 2.06. The molecular formula is C10H10ClNO3. The van der Waals surface area contributed by atoms with Crippen LogP contribution in [0.4, 0.5) is 4.79 Å². The van der Waals surface area contributed by atoms with E-state index >= 15 is 0 Å². The van der Waals surface area contributed by atoms with E-state index in [1.54, 1.807) is 24.3 Å². The lowest BCUT2D eigenvalue weighted by atomic mass is 10.0. The third-order valence-corrected chi connectivity index (χ3v) is 2.55. The largest absolute Gasteiger partial charge is 0.439 e. The van der Waals surface area contributed by atoms with E-state index in [1.807, 2.05) is 0 Å². The number of aliphatic hydroxyl groups is 1. The first kappa shape index (κ1) is 10.3. The summed E-state index contributed by atoms with van der Waals surface area (Å²) in [6.45, 7) is -0.154. The van der Waals surface area contributed by atoms with Crippen molar-refractivity contribution >= 4 is 17.7 Å². The summed E-state index contributed by atoms with van der Waals surface area (Å²) in [5.74, 6) is 0. The molecule has 1 fully saturated rings. The first-order valence-electron chi connectivity index (χ1n) is 4.54. The zero-order valence-corrected chi connectivity index (χ0v) is 8.57. The molecular weight excluding hydrogens is 218 g/mol. The highest BCUT2D eigenvalue weighted by Crippen LogP contribution is 2.26. The summed E-state index contributed by atoms with van der Waals surface area (Å²) in [5.41, 5.74) is 0.816. The van der Waals surface area contributed by atoms with Crippen molar-refractivity contribution in [2.45, 2.75) is 12.1 Å². The Morgan fingerprint density at radius 3 is 2.67 bits per heavy atom. The summed E-state index contributed by atoms with van der Waals surface area (Å²) in [7, 11) is 0. The molecule has 4 nitrogen and oxygen atoms in total. The maximum atomic E-state index is 11.0. The van der Waals surface area contributed by atoms with Crippen LogP contribution in [0.15, 0.2) is 24.3 Å². The first-order valence-corrected chi connectivity index (χ1v) is 4.92. The standard InChI is InChI=1S/C10H10ClNO3/c11-7-3-1-6(2-4-7)9-8(5-13)12-10(14)15-9/h1-4,8-9,13H,5H2,(H,12,14)/t8-,9+/m1/s1. The number of carbonyl (C=O) groups excluding carboxylic acids is 1. The second-order valence-corrected chi connectivity index (χ2v) is 3.75. The van der Waals surface area contributed by atoms with E-state index in [0.29, 0.717) is 5.02 Å². The molecule has 0 aromatic heterocycles. The zero-order chi connectivity index (χ0) is 10.8. The highest BCUT2D eigenvalue weighted by Gasteiger charge is 2.34. The Kier molecular flexibility index (Phi) is 2.79. The van der Waals surface area contributed by atoms with E-state index in [-0.39, 0.29) is 6.61 Å². The summed E-state index contributed by atoms with van der Waals surface area (Å²) in [6.07, 6.45) is -0.950. The maximum absolute atomic E-state index is 11.0. The van der Waals surface area contributed by atoms with E-state index < -0.39 is 18.2 Å². The van der Waals surface area contributed by atoms with Crippen molar-refractivity contribution in [1.82, 2.24) is 5.32 Å². The lowest BCUT2D eigenvalue weighted by Gasteiger charge is -2.14. The molecule has 15 heavy (non-hydrogen) atoms. The molecule has 0 spiro atoms. The van der Waals surface area contributed by atoms with Gasteiger partial charge in [0.05, 0.1) is 12.6 Å². The minimum atomic E-state index is -0.506. The van der Waals surface area contributed by atoms with Gasteiger partial charge in [-0.1, -0.05) is 23.7 Å². The van der Waals surface area contributed by atoms with Crippen molar-refractivity contribution in [3.8, 4) is 0 Å². The Balaban J connectivity index is 2.22. The molecule has 2 N–H and O–H groups in total. The van der Waals surface area contributed by atoms with Crippen LogP contribution in [0.1, 0.15) is 11.7 Å². The van der Waals surface area contributed by atoms with Gasteiger partial charge in [-0.2, -0.15) is 0 Å². The molecule has 1 aliphatic rings. The number of aliphatic hydroxyl groups excluding tert-OH is 1. The van der Waals surface area contributed by atoms with Crippen molar-refractivity contribution in [1.29, 1.82) is 0 Å². The molecule has 1 heterocycles. The Bertz CT molecular complexity index is 365. The monoisotopic (exact) mass is 227 g/mol. The van der Waals surface area contributed by atoms with E-state index in [9.17, 15) is 4.79 Å². The van der Waals surface area contributed by atoms with Crippen LogP contribution < -0.4 is 5.32 Å². The molecule has 2 rings (SSSR count). The number of ether oxygens (including phenoxy) is 1. The molecule has 80 valence electrons. The highest BCUT2D eigenvalue weighted by molar-refractivity contribution is 6.30. The van der Waals surface area contributed by atoms with E-state index in [4.69, 9.17) is 21.4 Å². The second-order valence-electron chi connectivity index (χ2n) is 3.31. The summed E-state index contributed by atoms with van der Waals surface area (Å²) in [5, 5.41) is 12.2. The quantitative estimate of drug-likeness (QED) is 0.805. The van der Waals surface area contributed by atoms with Gasteiger partial charge >= 0.3 is 6.09 Å². The van der Waals surface area contributed by atoms with Crippen LogP contribution in [0.3, 0.4) is 0 Å². The molecule has 1 aliphatic heterocycles. The lowest BCUT2D eigenvalue weighted by molar-refractivity contribution is 0.119. The number of nitrogens with one attached hydrogen (secondary N) is 1. The predicted molar refractivity (Wildman–Crippen MR) is 54.7 cm³/mol. The van der Waals surface area contributed by atoms with Crippen LogP contribution in [-0.2, 0) is 4.74 Å². The van der Waals surface area contributed by atoms with Crippen molar-refractivity contribution in [2.75, 3.05) is 6.61 Å². The Morgan fingerprint density at radius 2 is 2.07 bits per heavy atom. The van der Waals surface area contributed by atoms with Gasteiger partial charge < -0.3 is 15.2 Å². The number of hydrogen-bond acceptors (Lipinski definition) is 3. The normalized spacial score (nSPS) is 24.8. The number of alkyl carbamates (subject to hydrolysis) is 1. The number of amides is 1. The molecule has 0 radical (unpaired) electrons. The molecule has 0 aliphatic carbocycles. The SMILES string of the molecule is O=C1N[C@H](CO)[C@H](c2ccc(Cl)cc2)O1. The Morgan fingerprint density at radius 1 is 1.40 bits per heavy atom. The Labute approximate surface area is 91.8 Å². The summed E-state index contributed by atoms with van der Waals surface area (Å²) in [6, 6.07) is 6.60. The summed E-state index contributed by atoms with van der Waals surface area (Å²) in [4.78, 5) is 11.0. The minimum absolute atomic E-state index is 0.154. The van der Waals surface area contributed by atoms with Gasteiger partial charge in [0, 0.05) is 5.02 Å². The van der Waals surface area contributed by atoms with Gasteiger partial charge in [0.2, 0.25) is 0 Å². The highest BCUT2D eigenvalue weighted by atomic mass is 35.5. The van der Waals surface area contributed by atoms with Crippen LogP contribution in [0.5, 0.6) is 0 Å². The molecule has 0 bridgehead atoms. The molecule has 1 aromatic rings. The van der Waals surface area contributed by atoms with Crippen LogP contribution in [0.25, 0.3) is 0 Å². The fourth-order valence-corrected chi connectivity index (χ4v) is 1.68. The van der Waals surface area contributed by atoms with Crippen molar-refractivity contribution in [2.24, 2.45) is 0 Å². The van der Waals surface area contributed by atoms with Gasteiger partial charge in [-0.05, 0) is 17.7 Å². The molecule has 0 saturated carbocycles. The van der Waals surface area contributed by atoms with Crippen LogP contribution in [0.2, 0.25) is 5.02 Å². The number of halogens is 1. The fraction of sp³-hybridized carbons (Fsp3) is 0.300. The van der Waals surface area contributed by atoms with E-state index in [2.05, 4.69) is 5.32 Å². The Hall–Kier alpha value is -1.26. The smallest absolute Gasteiger partial charge is 0.408 e. The number of benzene rings is 1. The number of cyclic esters (lactones) is 1. The van der Waals surface area contributed by atoms with E-state index in [1.165, 1.54) is 0 Å². The number of rotatable bonds is 2.